The normalized spacial score (nSPS) is 17.5. The van der Waals surface area contributed by atoms with Crippen molar-refractivity contribution in [3.8, 4) is 11.4 Å². The molecule has 0 radical (unpaired) electrons. The molecule has 4 heterocycles. The maximum atomic E-state index is 12.8. The van der Waals surface area contributed by atoms with Crippen LogP contribution < -0.4 is 4.90 Å². The number of aromatic amines is 1. The number of hydrogen-bond donors (Lipinski definition) is 1. The zero-order chi connectivity index (χ0) is 17.9. The molecule has 1 unspecified atom stereocenters. The van der Waals surface area contributed by atoms with Crippen LogP contribution in [-0.4, -0.2) is 50.3 Å². The lowest BCUT2D eigenvalue weighted by molar-refractivity contribution is -0.133. The zero-order valence-corrected chi connectivity index (χ0v) is 14.4. The van der Waals surface area contributed by atoms with Crippen LogP contribution in [0.15, 0.2) is 42.9 Å². The lowest BCUT2D eigenvalue weighted by Crippen LogP contribution is -2.49. The standard InChI is InChI=1S/C17H15ClN6O2/c18-14-2-1-11(10-20-14)9-13-16(25)24(7-8-26-13)17-21-15(22-23-17)12-3-5-19-6-4-12/h1-6,10,13H,7-9H2,(H,21,22,23). The van der Waals surface area contributed by atoms with Crippen LogP contribution in [-0.2, 0) is 16.0 Å². The van der Waals surface area contributed by atoms with Crippen molar-refractivity contribution < 1.29 is 9.53 Å². The molecule has 1 aliphatic rings. The SMILES string of the molecule is O=C1C(Cc2ccc(Cl)nc2)OCCN1c1nnc(-c2ccncc2)[nH]1. The molecule has 26 heavy (non-hydrogen) atoms. The molecule has 0 spiro atoms. The van der Waals surface area contributed by atoms with E-state index in [9.17, 15) is 4.79 Å². The lowest BCUT2D eigenvalue weighted by atomic mass is 10.1. The predicted molar refractivity (Wildman–Crippen MR) is 94.7 cm³/mol. The van der Waals surface area contributed by atoms with Gasteiger partial charge in [0.25, 0.3) is 5.91 Å². The molecule has 0 bridgehead atoms. The Hall–Kier alpha value is -2.84. The Morgan fingerprint density at radius 2 is 2.08 bits per heavy atom. The summed E-state index contributed by atoms with van der Waals surface area (Å²) < 4.78 is 5.65. The third kappa shape index (κ3) is 3.42. The number of nitrogens with one attached hydrogen (secondary N) is 1. The van der Waals surface area contributed by atoms with Crippen LogP contribution in [0.3, 0.4) is 0 Å². The number of pyridine rings is 2. The second-order valence-electron chi connectivity index (χ2n) is 5.78. The second kappa shape index (κ2) is 7.19. The van der Waals surface area contributed by atoms with Gasteiger partial charge in [0.1, 0.15) is 11.3 Å². The van der Waals surface area contributed by atoms with Crippen LogP contribution in [0.5, 0.6) is 0 Å². The predicted octanol–water partition coefficient (Wildman–Crippen LogP) is 1.89. The number of aromatic nitrogens is 5. The van der Waals surface area contributed by atoms with Gasteiger partial charge in [-0.1, -0.05) is 17.7 Å². The Kier molecular flexibility index (Phi) is 4.59. The maximum Gasteiger partial charge on any atom is 0.258 e. The first-order valence-electron chi connectivity index (χ1n) is 8.07. The Labute approximate surface area is 154 Å². The number of amides is 1. The van der Waals surface area contributed by atoms with E-state index in [4.69, 9.17) is 16.3 Å². The van der Waals surface area contributed by atoms with E-state index in [2.05, 4.69) is 25.1 Å². The van der Waals surface area contributed by atoms with Gasteiger partial charge in [0.15, 0.2) is 5.82 Å². The average molecular weight is 371 g/mol. The summed E-state index contributed by atoms with van der Waals surface area (Å²) in [6, 6.07) is 7.17. The molecule has 0 saturated carbocycles. The minimum absolute atomic E-state index is 0.163. The molecule has 8 nitrogen and oxygen atoms in total. The van der Waals surface area contributed by atoms with Gasteiger partial charge in [-0.2, -0.15) is 0 Å². The van der Waals surface area contributed by atoms with E-state index in [-0.39, 0.29) is 5.91 Å². The minimum Gasteiger partial charge on any atom is -0.366 e. The molecule has 4 rings (SSSR count). The molecule has 1 fully saturated rings. The van der Waals surface area contributed by atoms with Crippen LogP contribution in [0.1, 0.15) is 5.56 Å². The number of anilines is 1. The number of ether oxygens (including phenoxy) is 1. The van der Waals surface area contributed by atoms with Crippen molar-refractivity contribution in [2.75, 3.05) is 18.1 Å². The third-order valence-electron chi connectivity index (χ3n) is 4.07. The molecule has 3 aromatic heterocycles. The first kappa shape index (κ1) is 16.6. The molecule has 0 aliphatic carbocycles. The number of hydrogen-bond acceptors (Lipinski definition) is 6. The second-order valence-corrected chi connectivity index (χ2v) is 6.16. The van der Waals surface area contributed by atoms with Crippen molar-refractivity contribution in [2.45, 2.75) is 12.5 Å². The molecule has 1 aliphatic heterocycles. The highest BCUT2D eigenvalue weighted by molar-refractivity contribution is 6.29. The largest absolute Gasteiger partial charge is 0.366 e. The lowest BCUT2D eigenvalue weighted by Gasteiger charge is -2.30. The first-order chi connectivity index (χ1) is 12.7. The Morgan fingerprint density at radius 1 is 1.23 bits per heavy atom. The number of morpholine rings is 1. The highest BCUT2D eigenvalue weighted by atomic mass is 35.5. The molecule has 0 aromatic carbocycles. The highest BCUT2D eigenvalue weighted by Crippen LogP contribution is 2.21. The molecule has 9 heteroatoms. The van der Waals surface area contributed by atoms with Crippen LogP contribution in [0, 0.1) is 0 Å². The Bertz CT molecular complexity index is 899. The third-order valence-corrected chi connectivity index (χ3v) is 4.29. The van der Waals surface area contributed by atoms with Gasteiger partial charge < -0.3 is 9.72 Å². The molecule has 1 N–H and O–H groups in total. The van der Waals surface area contributed by atoms with Crippen LogP contribution in [0.4, 0.5) is 5.95 Å². The molecular formula is C17H15ClN6O2. The van der Waals surface area contributed by atoms with E-state index >= 15 is 0 Å². The van der Waals surface area contributed by atoms with Crippen molar-refractivity contribution in [3.05, 3.63) is 53.6 Å². The summed E-state index contributed by atoms with van der Waals surface area (Å²) in [5, 5.41) is 8.65. The van der Waals surface area contributed by atoms with E-state index in [0.717, 1.165) is 11.1 Å². The molecule has 1 atom stereocenters. The summed E-state index contributed by atoms with van der Waals surface area (Å²) in [7, 11) is 0. The van der Waals surface area contributed by atoms with Gasteiger partial charge in [-0.05, 0) is 23.8 Å². The van der Waals surface area contributed by atoms with Gasteiger partial charge in [-0.15, -0.1) is 10.2 Å². The topological polar surface area (TPSA) is 96.9 Å². The molecule has 132 valence electrons. The summed E-state index contributed by atoms with van der Waals surface area (Å²) in [6.07, 6.45) is 4.82. The van der Waals surface area contributed by atoms with Gasteiger partial charge in [-0.3, -0.25) is 14.7 Å². The number of nitrogens with zero attached hydrogens (tertiary/aromatic N) is 5. The van der Waals surface area contributed by atoms with E-state index in [1.54, 1.807) is 29.6 Å². The monoisotopic (exact) mass is 370 g/mol. The van der Waals surface area contributed by atoms with E-state index in [1.807, 2.05) is 18.2 Å². The quantitative estimate of drug-likeness (QED) is 0.704. The van der Waals surface area contributed by atoms with Crippen LogP contribution >= 0.6 is 11.6 Å². The average Bonchev–Trinajstić information content (AvgIpc) is 3.16. The minimum atomic E-state index is -0.596. The number of carbonyl (C=O) groups excluding carboxylic acids is 1. The first-order valence-corrected chi connectivity index (χ1v) is 8.45. The van der Waals surface area contributed by atoms with Crippen LogP contribution in [0.2, 0.25) is 5.15 Å². The molecule has 1 amide bonds. The Morgan fingerprint density at radius 3 is 2.85 bits per heavy atom. The van der Waals surface area contributed by atoms with Gasteiger partial charge in [-0.25, -0.2) is 4.98 Å². The molecule has 1 saturated heterocycles. The van der Waals surface area contributed by atoms with Crippen LogP contribution in [0.25, 0.3) is 11.4 Å². The van der Waals surface area contributed by atoms with Crippen molar-refractivity contribution >= 4 is 23.5 Å². The van der Waals surface area contributed by atoms with Crippen molar-refractivity contribution in [3.63, 3.8) is 0 Å². The fraction of sp³-hybridized carbons (Fsp3) is 0.235. The smallest absolute Gasteiger partial charge is 0.258 e. The van der Waals surface area contributed by atoms with Crippen molar-refractivity contribution in [1.29, 1.82) is 0 Å². The van der Waals surface area contributed by atoms with Gasteiger partial charge >= 0.3 is 0 Å². The zero-order valence-electron chi connectivity index (χ0n) is 13.7. The number of rotatable bonds is 4. The number of halogens is 1. The van der Waals surface area contributed by atoms with Gasteiger partial charge in [0.2, 0.25) is 5.95 Å². The fourth-order valence-corrected chi connectivity index (χ4v) is 2.87. The summed E-state index contributed by atoms with van der Waals surface area (Å²) >= 11 is 5.80. The summed E-state index contributed by atoms with van der Waals surface area (Å²) in [6.45, 7) is 0.835. The van der Waals surface area contributed by atoms with E-state index in [0.29, 0.717) is 36.5 Å². The summed E-state index contributed by atoms with van der Waals surface area (Å²) in [4.78, 5) is 25.5. The number of carbonyl (C=O) groups is 1. The van der Waals surface area contributed by atoms with Crippen molar-refractivity contribution in [1.82, 2.24) is 25.1 Å². The fourth-order valence-electron chi connectivity index (χ4n) is 2.75. The molecular weight excluding hydrogens is 356 g/mol. The maximum absolute atomic E-state index is 12.8. The van der Waals surface area contributed by atoms with E-state index < -0.39 is 6.10 Å². The van der Waals surface area contributed by atoms with Crippen molar-refractivity contribution in [2.24, 2.45) is 0 Å². The molecule has 3 aromatic rings. The van der Waals surface area contributed by atoms with Gasteiger partial charge in [0.05, 0.1) is 13.2 Å². The summed E-state index contributed by atoms with van der Waals surface area (Å²) in [5.41, 5.74) is 1.73. The number of H-pyrrole nitrogens is 1. The van der Waals surface area contributed by atoms with E-state index in [1.165, 1.54) is 0 Å². The van der Waals surface area contributed by atoms with Gasteiger partial charge in [0, 0.05) is 30.6 Å². The summed E-state index contributed by atoms with van der Waals surface area (Å²) in [5.74, 6) is 0.827. The highest BCUT2D eigenvalue weighted by Gasteiger charge is 2.32. The Balaban J connectivity index is 1.51.